The predicted octanol–water partition coefficient (Wildman–Crippen LogP) is 12.7. The molecule has 0 spiro atoms. The van der Waals surface area contributed by atoms with Crippen LogP contribution >= 0.6 is 0 Å². The number of furan rings is 1. The Bertz CT molecular complexity index is 2810. The molecule has 0 aliphatic heterocycles. The van der Waals surface area contributed by atoms with Gasteiger partial charge in [0.25, 0.3) is 0 Å². The van der Waals surface area contributed by atoms with Crippen molar-refractivity contribution in [2.24, 2.45) is 0 Å². The van der Waals surface area contributed by atoms with Gasteiger partial charge in [-0.2, -0.15) is 0 Å². The van der Waals surface area contributed by atoms with Gasteiger partial charge in [-0.05, 0) is 86.9 Å². The van der Waals surface area contributed by atoms with E-state index in [1.165, 1.54) is 11.1 Å². The summed E-state index contributed by atoms with van der Waals surface area (Å²) in [4.78, 5) is 1.87. The zero-order valence-corrected chi connectivity index (χ0v) is 25.9. The van der Waals surface area contributed by atoms with Gasteiger partial charge in [-0.15, -0.1) is 0 Å². The normalized spacial score (nSPS) is 15.1. The smallest absolute Gasteiger partial charge is 0.137 e. The Balaban J connectivity index is 1.35. The van der Waals surface area contributed by atoms with Crippen LogP contribution in [0, 0.1) is 0 Å². The first-order chi connectivity index (χ1) is 26.0. The average Bonchev–Trinajstić information content (AvgIpc) is 3.71. The van der Waals surface area contributed by atoms with E-state index < -0.39 is 17.5 Å². The zero-order valence-electron chi connectivity index (χ0n) is 32.9. The molecule has 9 rings (SSSR count). The van der Waals surface area contributed by atoms with Crippen LogP contribution in [0.15, 0.2) is 168 Å². The number of nitrogens with zero attached hydrogens (tertiary/aromatic N) is 1. The van der Waals surface area contributed by atoms with E-state index in [1.54, 1.807) is 0 Å². The third-order valence-electron chi connectivity index (χ3n) is 9.41. The molecule has 7 aromatic carbocycles. The quantitative estimate of drug-likeness (QED) is 0.193. The molecule has 0 N–H and O–H groups in total. The van der Waals surface area contributed by atoms with Crippen LogP contribution in [0.25, 0.3) is 55.3 Å². The van der Waals surface area contributed by atoms with E-state index in [4.69, 9.17) is 12.6 Å². The van der Waals surface area contributed by atoms with Crippen molar-refractivity contribution in [3.8, 4) is 33.4 Å². The van der Waals surface area contributed by atoms with Gasteiger partial charge in [0.15, 0.2) is 0 Å². The minimum Gasteiger partial charge on any atom is -0.456 e. The van der Waals surface area contributed by atoms with Gasteiger partial charge < -0.3 is 9.32 Å². The molecule has 0 fully saturated rings. The third-order valence-corrected chi connectivity index (χ3v) is 9.41. The van der Waals surface area contributed by atoms with Crippen LogP contribution in [0.3, 0.4) is 0 Å². The first kappa shape index (κ1) is 21.0. The van der Waals surface area contributed by atoms with Crippen molar-refractivity contribution in [3.63, 3.8) is 0 Å². The van der Waals surface area contributed by atoms with Crippen LogP contribution in [0.4, 0.5) is 17.1 Å². The van der Waals surface area contributed by atoms with Crippen molar-refractivity contribution in [1.29, 1.82) is 0 Å². The number of fused-ring (bicyclic) bond motifs is 6. The standard InChI is InChI=1S/C45H33NO/c1-45(2)38-19-11-18-35(32-15-7-4-8-16-32)43(38)36-28-27-34(29-39(36)45)46(33-25-23-31(24-26-33)30-13-5-3-6-14-30)40-20-12-22-42-44(40)37-17-9-10-21-41(37)47-42/h3-29H,1-2H3/i9D,10D,12D,17D,20D,21D,22D. The Kier molecular flexibility index (Phi) is 4.75. The fourth-order valence-electron chi connectivity index (χ4n) is 7.13. The van der Waals surface area contributed by atoms with Crippen LogP contribution in [0.5, 0.6) is 0 Å². The second-order valence-electron chi connectivity index (χ2n) is 12.4. The molecule has 1 aliphatic rings. The van der Waals surface area contributed by atoms with Crippen LogP contribution in [0.1, 0.15) is 34.6 Å². The minimum atomic E-state index is -0.458. The molecular formula is C45H33NO. The fourth-order valence-corrected chi connectivity index (χ4v) is 7.13. The average molecular weight is 611 g/mol. The largest absolute Gasteiger partial charge is 0.456 e. The molecule has 1 aliphatic carbocycles. The molecule has 2 heteroatoms. The second-order valence-corrected chi connectivity index (χ2v) is 12.4. The first-order valence-electron chi connectivity index (χ1n) is 19.2. The summed E-state index contributed by atoms with van der Waals surface area (Å²) < 4.78 is 67.8. The summed E-state index contributed by atoms with van der Waals surface area (Å²) >= 11 is 0. The number of para-hydroxylation sites is 1. The van der Waals surface area contributed by atoms with Crippen LogP contribution < -0.4 is 4.90 Å². The highest BCUT2D eigenvalue weighted by Crippen LogP contribution is 2.54. The Morgan fingerprint density at radius 3 is 2.02 bits per heavy atom. The van der Waals surface area contributed by atoms with Gasteiger partial charge in [-0.3, -0.25) is 0 Å². The van der Waals surface area contributed by atoms with Gasteiger partial charge in [0.1, 0.15) is 11.2 Å². The zero-order chi connectivity index (χ0) is 37.6. The molecule has 47 heavy (non-hydrogen) atoms. The summed E-state index contributed by atoms with van der Waals surface area (Å²) in [5, 5.41) is 0.254. The van der Waals surface area contributed by atoms with Crippen molar-refractivity contribution in [2.45, 2.75) is 19.3 Å². The van der Waals surface area contributed by atoms with Gasteiger partial charge >= 0.3 is 0 Å². The maximum absolute atomic E-state index is 9.44. The summed E-state index contributed by atoms with van der Waals surface area (Å²) in [6.45, 7) is 4.42. The van der Waals surface area contributed by atoms with E-state index in [9.17, 15) is 1.37 Å². The van der Waals surface area contributed by atoms with Crippen molar-refractivity contribution in [3.05, 3.63) is 175 Å². The minimum absolute atomic E-state index is 0.0692. The molecular weight excluding hydrogens is 571 g/mol. The molecule has 0 bridgehead atoms. The summed E-state index contributed by atoms with van der Waals surface area (Å²) in [7, 11) is 0. The Morgan fingerprint density at radius 1 is 0.553 bits per heavy atom. The highest BCUT2D eigenvalue weighted by molar-refractivity contribution is 6.13. The van der Waals surface area contributed by atoms with Crippen molar-refractivity contribution >= 4 is 39.0 Å². The molecule has 1 aromatic heterocycles. The molecule has 1 heterocycles. The molecule has 8 aromatic rings. The summed E-state index contributed by atoms with van der Waals surface area (Å²) in [5.41, 5.74) is 9.78. The second kappa shape index (κ2) is 10.6. The lowest BCUT2D eigenvalue weighted by molar-refractivity contribution is 0.660. The lowest BCUT2D eigenvalue weighted by Crippen LogP contribution is -2.16. The number of hydrogen-bond donors (Lipinski definition) is 0. The third kappa shape index (κ3) is 4.33. The predicted molar refractivity (Wildman–Crippen MR) is 197 cm³/mol. The molecule has 0 saturated heterocycles. The van der Waals surface area contributed by atoms with E-state index in [0.717, 1.165) is 33.4 Å². The molecule has 224 valence electrons. The van der Waals surface area contributed by atoms with E-state index in [1.807, 2.05) is 83.8 Å². The SMILES string of the molecule is [2H]c1c([2H])c([2H])c2c(oc3c([2H])c([2H])c([2H])c(N(c4ccc(-c5ccccc5)cc4)c4ccc5c(c4)C(C)(C)c4cccc(-c6ccccc6)c4-5)c32)c1[2H]. The lowest BCUT2D eigenvalue weighted by atomic mass is 9.81. The molecule has 0 unspecified atom stereocenters. The monoisotopic (exact) mass is 610 g/mol. The van der Waals surface area contributed by atoms with E-state index in [-0.39, 0.29) is 57.8 Å². The number of anilines is 3. The summed E-state index contributed by atoms with van der Waals surface area (Å²) in [6.07, 6.45) is 0. The Labute approximate surface area is 285 Å². The molecule has 2 nitrogen and oxygen atoms in total. The van der Waals surface area contributed by atoms with Gasteiger partial charge in [0.2, 0.25) is 0 Å². The van der Waals surface area contributed by atoms with Gasteiger partial charge in [-0.1, -0.05) is 135 Å². The van der Waals surface area contributed by atoms with Gasteiger partial charge in [-0.25, -0.2) is 0 Å². The van der Waals surface area contributed by atoms with Gasteiger partial charge in [0, 0.05) is 22.2 Å². The number of hydrogen-bond acceptors (Lipinski definition) is 2. The molecule has 0 atom stereocenters. The van der Waals surface area contributed by atoms with Crippen LogP contribution in [-0.4, -0.2) is 0 Å². The maximum Gasteiger partial charge on any atom is 0.137 e. The van der Waals surface area contributed by atoms with Gasteiger partial charge in [0.05, 0.1) is 20.7 Å². The van der Waals surface area contributed by atoms with Crippen molar-refractivity contribution in [2.75, 3.05) is 4.90 Å². The lowest BCUT2D eigenvalue weighted by Gasteiger charge is -2.28. The first-order valence-corrected chi connectivity index (χ1v) is 15.7. The molecule has 0 amide bonds. The molecule has 0 saturated carbocycles. The van der Waals surface area contributed by atoms with Crippen LogP contribution in [-0.2, 0) is 5.41 Å². The van der Waals surface area contributed by atoms with Crippen molar-refractivity contribution < 1.29 is 14.0 Å². The van der Waals surface area contributed by atoms with Crippen molar-refractivity contribution in [1.82, 2.24) is 0 Å². The fraction of sp³-hybridized carbons (Fsp3) is 0.0667. The van der Waals surface area contributed by atoms with E-state index >= 15 is 0 Å². The summed E-state index contributed by atoms with van der Waals surface area (Å²) in [5.74, 6) is 0. The number of rotatable bonds is 5. The summed E-state index contributed by atoms with van der Waals surface area (Å²) in [6, 6.07) is 38.3. The van der Waals surface area contributed by atoms with E-state index in [0.29, 0.717) is 11.4 Å². The molecule has 0 radical (unpaired) electrons. The van der Waals surface area contributed by atoms with E-state index in [2.05, 4.69) is 56.3 Å². The highest BCUT2D eigenvalue weighted by Gasteiger charge is 2.37. The van der Waals surface area contributed by atoms with Crippen LogP contribution in [0.2, 0.25) is 0 Å². The Morgan fingerprint density at radius 2 is 1.23 bits per heavy atom. The maximum atomic E-state index is 9.44. The topological polar surface area (TPSA) is 16.4 Å². The Hall–Kier alpha value is -5.86. The number of benzene rings is 7. The highest BCUT2D eigenvalue weighted by atomic mass is 16.3.